The monoisotopic (exact) mass is 324 g/mol. The van der Waals surface area contributed by atoms with Crippen LogP contribution in [0.2, 0.25) is 19.6 Å². The Morgan fingerprint density at radius 2 is 1.65 bits per heavy atom. The van der Waals surface area contributed by atoms with Crippen LogP contribution in [-0.4, -0.2) is 20.3 Å². The molecule has 3 heteroatoms. The molecule has 1 N–H and O–H groups in total. The summed E-state index contributed by atoms with van der Waals surface area (Å²) >= 11 is 0. The van der Waals surface area contributed by atoms with Crippen LogP contribution in [0.3, 0.4) is 0 Å². The number of benzene rings is 2. The largest absolute Gasteiger partial charge is 0.497 e. The molecule has 120 valence electrons. The lowest BCUT2D eigenvalue weighted by Crippen LogP contribution is -2.22. The number of hydrogen-bond acceptors (Lipinski definition) is 2. The summed E-state index contributed by atoms with van der Waals surface area (Å²) in [6, 6.07) is 17.7. The summed E-state index contributed by atoms with van der Waals surface area (Å²) in [6.45, 7) is 6.84. The van der Waals surface area contributed by atoms with Gasteiger partial charge in [-0.3, -0.25) is 0 Å². The van der Waals surface area contributed by atoms with Crippen molar-refractivity contribution in [3.63, 3.8) is 0 Å². The Morgan fingerprint density at radius 1 is 1.04 bits per heavy atom. The molecule has 0 saturated carbocycles. The van der Waals surface area contributed by atoms with Crippen molar-refractivity contribution in [2.24, 2.45) is 0 Å². The zero-order valence-electron chi connectivity index (χ0n) is 14.2. The summed E-state index contributed by atoms with van der Waals surface area (Å²) in [6.07, 6.45) is 1.12. The Kier molecular flexibility index (Phi) is 5.62. The zero-order chi connectivity index (χ0) is 16.9. The molecule has 0 aliphatic heterocycles. The van der Waals surface area contributed by atoms with Crippen molar-refractivity contribution in [1.82, 2.24) is 0 Å². The van der Waals surface area contributed by atoms with Gasteiger partial charge >= 0.3 is 0 Å². The van der Waals surface area contributed by atoms with Gasteiger partial charge in [-0.05, 0) is 34.5 Å². The van der Waals surface area contributed by atoms with E-state index in [0.29, 0.717) is 0 Å². The minimum absolute atomic E-state index is 0.638. The molecule has 0 heterocycles. The normalized spacial score (nSPS) is 12.2. The quantitative estimate of drug-likeness (QED) is 0.629. The van der Waals surface area contributed by atoms with E-state index in [-0.39, 0.29) is 0 Å². The predicted octanol–water partition coefficient (Wildman–Crippen LogP) is 4.84. The van der Waals surface area contributed by atoms with Crippen molar-refractivity contribution >= 4 is 13.3 Å². The molecule has 0 fully saturated rings. The zero-order valence-corrected chi connectivity index (χ0v) is 15.2. The minimum atomic E-state index is -1.60. The van der Waals surface area contributed by atoms with Crippen LogP contribution < -0.4 is 4.74 Å². The van der Waals surface area contributed by atoms with Crippen molar-refractivity contribution in [3.8, 4) is 5.75 Å². The molecular formula is C20H24O2Si. The molecule has 2 aromatic carbocycles. The van der Waals surface area contributed by atoms with Crippen LogP contribution in [0.25, 0.3) is 5.20 Å². The second-order valence-electron chi connectivity index (χ2n) is 6.52. The highest BCUT2D eigenvalue weighted by Gasteiger charge is 2.21. The fraction of sp³-hybridized carbons (Fsp3) is 0.250. The molecule has 2 rings (SSSR count). The first-order chi connectivity index (χ1) is 10.9. The van der Waals surface area contributed by atoms with Crippen LogP contribution in [0.4, 0.5) is 0 Å². The van der Waals surface area contributed by atoms with E-state index in [4.69, 9.17) is 4.74 Å². The van der Waals surface area contributed by atoms with Crippen molar-refractivity contribution < 1.29 is 9.84 Å². The highest BCUT2D eigenvalue weighted by molar-refractivity contribution is 6.93. The molecule has 0 amide bonds. The minimum Gasteiger partial charge on any atom is -0.497 e. The first-order valence-corrected chi connectivity index (χ1v) is 11.3. The van der Waals surface area contributed by atoms with Crippen LogP contribution >= 0.6 is 0 Å². The first-order valence-electron chi connectivity index (χ1n) is 7.76. The molecule has 1 atom stereocenters. The Morgan fingerprint density at radius 3 is 2.17 bits per heavy atom. The average molecular weight is 324 g/mol. The maximum Gasteiger partial charge on any atom is 0.118 e. The van der Waals surface area contributed by atoms with Gasteiger partial charge in [-0.2, -0.15) is 0 Å². The molecule has 0 aromatic heterocycles. The second kappa shape index (κ2) is 7.47. The van der Waals surface area contributed by atoms with Crippen LogP contribution in [-0.2, 0) is 0 Å². The number of ether oxygens (including phenoxy) is 1. The van der Waals surface area contributed by atoms with Gasteiger partial charge in [0, 0.05) is 0 Å². The summed E-state index contributed by atoms with van der Waals surface area (Å²) in [5.74, 6) is 0.844. The average Bonchev–Trinajstić information content (AvgIpc) is 2.55. The highest BCUT2D eigenvalue weighted by Crippen LogP contribution is 2.27. The van der Waals surface area contributed by atoms with Crippen molar-refractivity contribution in [1.29, 1.82) is 0 Å². The summed E-state index contributed by atoms with van der Waals surface area (Å²) in [5.41, 5.74) is 5.39. The predicted molar refractivity (Wildman–Crippen MR) is 99.2 cm³/mol. The van der Waals surface area contributed by atoms with Gasteiger partial charge in [-0.15, -0.1) is 5.73 Å². The van der Waals surface area contributed by atoms with E-state index in [2.05, 4.69) is 37.5 Å². The molecule has 0 saturated heterocycles. The lowest BCUT2D eigenvalue weighted by atomic mass is 10.1. The van der Waals surface area contributed by atoms with E-state index in [1.807, 2.05) is 42.5 Å². The van der Waals surface area contributed by atoms with Crippen molar-refractivity contribution in [3.05, 3.63) is 77.5 Å². The van der Waals surface area contributed by atoms with E-state index in [1.54, 1.807) is 13.2 Å². The molecule has 2 aromatic rings. The van der Waals surface area contributed by atoms with Crippen LogP contribution in [0.5, 0.6) is 5.75 Å². The Labute approximate surface area is 139 Å². The van der Waals surface area contributed by atoms with E-state index in [0.717, 1.165) is 16.9 Å². The fourth-order valence-electron chi connectivity index (χ4n) is 2.40. The van der Waals surface area contributed by atoms with Gasteiger partial charge < -0.3 is 9.84 Å². The summed E-state index contributed by atoms with van der Waals surface area (Å²) in [7, 11) is 0.0666. The van der Waals surface area contributed by atoms with E-state index >= 15 is 0 Å². The molecule has 0 bridgehead atoms. The smallest absolute Gasteiger partial charge is 0.118 e. The lowest BCUT2D eigenvalue weighted by Gasteiger charge is -2.19. The van der Waals surface area contributed by atoms with Gasteiger partial charge in [0.25, 0.3) is 0 Å². The van der Waals surface area contributed by atoms with Gasteiger partial charge in [0.05, 0.1) is 15.2 Å². The van der Waals surface area contributed by atoms with Gasteiger partial charge in [0.1, 0.15) is 11.9 Å². The summed E-state index contributed by atoms with van der Waals surface area (Å²) in [4.78, 5) is 0. The highest BCUT2D eigenvalue weighted by atomic mass is 28.3. The fourth-order valence-corrected chi connectivity index (χ4v) is 3.95. The number of aliphatic hydroxyl groups is 1. The second-order valence-corrected chi connectivity index (χ2v) is 11.5. The first kappa shape index (κ1) is 17.3. The third-order valence-electron chi connectivity index (χ3n) is 3.66. The summed E-state index contributed by atoms with van der Waals surface area (Å²) in [5, 5.41) is 11.5. The molecule has 2 nitrogen and oxygen atoms in total. The van der Waals surface area contributed by atoms with E-state index in [1.165, 1.54) is 5.20 Å². The maximum atomic E-state index is 10.3. The molecule has 0 spiro atoms. The Bertz CT molecular complexity index is 691. The third-order valence-corrected chi connectivity index (χ3v) is 5.59. The number of rotatable bonds is 5. The maximum absolute atomic E-state index is 10.3. The van der Waals surface area contributed by atoms with E-state index in [9.17, 15) is 5.11 Å². The SMILES string of the molecule is COc1ccc(C(=C=C[C@H](O)c2ccccc2)[Si](C)(C)C)cc1. The van der Waals surface area contributed by atoms with Crippen molar-refractivity contribution in [2.45, 2.75) is 25.7 Å². The van der Waals surface area contributed by atoms with Crippen molar-refractivity contribution in [2.75, 3.05) is 7.11 Å². The van der Waals surface area contributed by atoms with Gasteiger partial charge in [0.15, 0.2) is 0 Å². The van der Waals surface area contributed by atoms with Crippen LogP contribution in [0.15, 0.2) is 66.4 Å². The summed E-state index contributed by atoms with van der Waals surface area (Å²) < 4.78 is 5.22. The molecule has 23 heavy (non-hydrogen) atoms. The van der Waals surface area contributed by atoms with Crippen LogP contribution in [0.1, 0.15) is 17.2 Å². The lowest BCUT2D eigenvalue weighted by molar-refractivity contribution is 0.229. The van der Waals surface area contributed by atoms with E-state index < -0.39 is 14.2 Å². The van der Waals surface area contributed by atoms with Gasteiger partial charge in [0.2, 0.25) is 0 Å². The standard InChI is InChI=1S/C20H24O2Si/c1-22-18-12-10-17(11-13-18)20(23(2,3)4)15-14-19(21)16-8-6-5-7-9-16/h5-14,19,21H,1-4H3/t15?,19-/m0/s1. The molecule has 0 radical (unpaired) electrons. The number of aliphatic hydroxyl groups excluding tert-OH is 1. The topological polar surface area (TPSA) is 29.5 Å². The third kappa shape index (κ3) is 4.70. The molecule has 0 unspecified atom stereocenters. The molecule has 0 aliphatic rings. The Hall–Kier alpha value is -2.06. The van der Waals surface area contributed by atoms with Crippen LogP contribution in [0, 0.1) is 0 Å². The molecule has 0 aliphatic carbocycles. The molecular weight excluding hydrogens is 300 g/mol. The number of methoxy groups -OCH3 is 1. The van der Waals surface area contributed by atoms with Gasteiger partial charge in [-0.25, -0.2) is 0 Å². The number of hydrogen-bond donors (Lipinski definition) is 1. The Balaban J connectivity index is 2.40. The van der Waals surface area contributed by atoms with Gasteiger partial charge in [-0.1, -0.05) is 62.1 Å².